The van der Waals surface area contributed by atoms with Crippen molar-refractivity contribution >= 4 is 58.1 Å². The van der Waals surface area contributed by atoms with Crippen molar-refractivity contribution < 1.29 is 4.79 Å². The van der Waals surface area contributed by atoms with E-state index in [0.29, 0.717) is 13.0 Å². The van der Waals surface area contributed by atoms with Crippen molar-refractivity contribution in [2.45, 2.75) is 12.8 Å². The Morgan fingerprint density at radius 2 is 1.96 bits per heavy atom. The number of hydrogen-bond donors (Lipinski definition) is 1. The predicted molar refractivity (Wildman–Crippen MR) is 99.0 cm³/mol. The zero-order chi connectivity index (χ0) is 14.7. The molecule has 0 radical (unpaired) electrons. The molecule has 6 nitrogen and oxygen atoms in total. The van der Waals surface area contributed by atoms with E-state index in [1.54, 1.807) is 17.7 Å². The molecule has 1 saturated heterocycles. The number of nitrogens with zero attached hydrogens (tertiary/aromatic N) is 4. The van der Waals surface area contributed by atoms with Crippen LogP contribution in [0.5, 0.6) is 0 Å². The number of nitrogens with two attached hydrogens (primary N) is 1. The number of fused-ring (bicyclic) bond motifs is 1. The number of amides is 1. The van der Waals surface area contributed by atoms with Crippen LogP contribution >= 0.6 is 36.2 Å². The van der Waals surface area contributed by atoms with E-state index in [-0.39, 0.29) is 30.7 Å². The first kappa shape index (κ1) is 19.9. The van der Waals surface area contributed by atoms with Gasteiger partial charge in [0.2, 0.25) is 5.91 Å². The number of carbonyl (C=O) groups excluding carboxylic acids is 1. The van der Waals surface area contributed by atoms with Crippen molar-refractivity contribution in [1.82, 2.24) is 14.9 Å². The average Bonchev–Trinajstić information content (AvgIpc) is 3.01. The molecule has 1 amide bonds. The molecule has 3 rings (SSSR count). The molecule has 0 aromatic carbocycles. The fourth-order valence-corrected chi connectivity index (χ4v) is 3.44. The van der Waals surface area contributed by atoms with Crippen molar-refractivity contribution in [3.63, 3.8) is 0 Å². The summed E-state index contributed by atoms with van der Waals surface area (Å²) < 4.78 is 1.13. The quantitative estimate of drug-likeness (QED) is 0.880. The molecule has 0 unspecified atom stereocenters. The van der Waals surface area contributed by atoms with E-state index in [9.17, 15) is 4.79 Å². The minimum atomic E-state index is 0. The summed E-state index contributed by atoms with van der Waals surface area (Å²) >= 11 is 1.66. The normalized spacial score (nSPS) is 14.3. The van der Waals surface area contributed by atoms with E-state index in [4.69, 9.17) is 5.73 Å². The maximum Gasteiger partial charge on any atom is 0.222 e. The number of anilines is 1. The molecule has 1 fully saturated rings. The lowest BCUT2D eigenvalue weighted by molar-refractivity contribution is -0.131. The van der Waals surface area contributed by atoms with Crippen molar-refractivity contribution in [3.05, 3.63) is 17.8 Å². The zero-order valence-corrected chi connectivity index (χ0v) is 15.1. The molecule has 0 atom stereocenters. The second-order valence-corrected chi connectivity index (χ2v) is 6.01. The molecule has 3 heterocycles. The Morgan fingerprint density at radius 3 is 2.65 bits per heavy atom. The van der Waals surface area contributed by atoms with E-state index >= 15 is 0 Å². The Hall–Kier alpha value is -1.15. The summed E-state index contributed by atoms with van der Waals surface area (Å²) in [5, 5.41) is 2.04. The van der Waals surface area contributed by atoms with Gasteiger partial charge < -0.3 is 15.5 Å². The molecule has 2 aromatic rings. The largest absolute Gasteiger partial charge is 0.352 e. The Kier molecular flexibility index (Phi) is 7.98. The second kappa shape index (κ2) is 9.22. The summed E-state index contributed by atoms with van der Waals surface area (Å²) in [4.78, 5) is 24.9. The predicted octanol–water partition coefficient (Wildman–Crippen LogP) is 1.92. The SMILES string of the molecule is Cl.Cl.NCCCC(=O)N1CCN(c2ncnc3ccsc23)CC1. The first-order valence-corrected chi connectivity index (χ1v) is 8.08. The number of hydrogen-bond acceptors (Lipinski definition) is 6. The minimum Gasteiger partial charge on any atom is -0.352 e. The smallest absolute Gasteiger partial charge is 0.222 e. The number of halogens is 2. The van der Waals surface area contributed by atoms with Gasteiger partial charge in [-0.3, -0.25) is 4.79 Å². The molecule has 0 aliphatic carbocycles. The summed E-state index contributed by atoms with van der Waals surface area (Å²) in [5.41, 5.74) is 6.45. The maximum atomic E-state index is 12.0. The standard InChI is InChI=1S/C14H19N5OS.2ClH/c15-4-1-2-12(20)18-5-7-19(8-6-18)14-13-11(3-9-21-13)16-10-17-14;;/h3,9-10H,1-2,4-8,15H2;2*1H. The highest BCUT2D eigenvalue weighted by Gasteiger charge is 2.22. The summed E-state index contributed by atoms with van der Waals surface area (Å²) in [5.74, 6) is 1.20. The second-order valence-electron chi connectivity index (χ2n) is 5.09. The molecule has 2 aromatic heterocycles. The van der Waals surface area contributed by atoms with Crippen LogP contribution in [-0.2, 0) is 4.79 Å². The van der Waals surface area contributed by atoms with Crippen LogP contribution in [0.3, 0.4) is 0 Å². The van der Waals surface area contributed by atoms with Crippen molar-refractivity contribution in [2.24, 2.45) is 5.73 Å². The van der Waals surface area contributed by atoms with Crippen LogP contribution in [0.2, 0.25) is 0 Å². The van der Waals surface area contributed by atoms with Crippen LogP contribution in [0.25, 0.3) is 10.2 Å². The van der Waals surface area contributed by atoms with Crippen LogP contribution in [-0.4, -0.2) is 53.5 Å². The van der Waals surface area contributed by atoms with Gasteiger partial charge in [0, 0.05) is 32.6 Å². The monoisotopic (exact) mass is 377 g/mol. The zero-order valence-electron chi connectivity index (χ0n) is 12.7. The van der Waals surface area contributed by atoms with Gasteiger partial charge in [0.05, 0.1) is 10.2 Å². The van der Waals surface area contributed by atoms with Gasteiger partial charge in [-0.25, -0.2) is 9.97 Å². The van der Waals surface area contributed by atoms with E-state index < -0.39 is 0 Å². The van der Waals surface area contributed by atoms with Crippen molar-refractivity contribution in [3.8, 4) is 0 Å². The number of piperazine rings is 1. The molecule has 128 valence electrons. The summed E-state index contributed by atoms with van der Waals surface area (Å²) in [7, 11) is 0. The van der Waals surface area contributed by atoms with Gasteiger partial charge >= 0.3 is 0 Å². The summed E-state index contributed by atoms with van der Waals surface area (Å²) in [6.07, 6.45) is 2.93. The lowest BCUT2D eigenvalue weighted by atomic mass is 10.2. The van der Waals surface area contributed by atoms with Crippen LogP contribution in [0.1, 0.15) is 12.8 Å². The molecule has 0 bridgehead atoms. The molecule has 0 saturated carbocycles. The van der Waals surface area contributed by atoms with E-state index in [2.05, 4.69) is 14.9 Å². The number of rotatable bonds is 4. The first-order chi connectivity index (χ1) is 10.3. The molecule has 23 heavy (non-hydrogen) atoms. The van der Waals surface area contributed by atoms with E-state index in [1.807, 2.05) is 16.3 Å². The Labute approximate surface area is 151 Å². The third kappa shape index (κ3) is 4.44. The fraction of sp³-hybridized carbons (Fsp3) is 0.500. The third-order valence-corrected chi connectivity index (χ3v) is 4.65. The van der Waals surface area contributed by atoms with Crippen LogP contribution < -0.4 is 10.6 Å². The van der Waals surface area contributed by atoms with Gasteiger partial charge in [0.25, 0.3) is 0 Å². The summed E-state index contributed by atoms with van der Waals surface area (Å²) in [6, 6.07) is 2.01. The fourth-order valence-electron chi connectivity index (χ4n) is 2.58. The molecule has 1 aliphatic heterocycles. The average molecular weight is 378 g/mol. The van der Waals surface area contributed by atoms with Gasteiger partial charge in [-0.2, -0.15) is 0 Å². The highest BCUT2D eigenvalue weighted by molar-refractivity contribution is 7.17. The molecule has 2 N–H and O–H groups in total. The maximum absolute atomic E-state index is 12.0. The molecule has 1 aliphatic rings. The lowest BCUT2D eigenvalue weighted by Gasteiger charge is -2.35. The van der Waals surface area contributed by atoms with E-state index in [0.717, 1.165) is 48.6 Å². The Balaban J connectivity index is 0.00000132. The van der Waals surface area contributed by atoms with Gasteiger partial charge in [0.15, 0.2) is 0 Å². The number of aromatic nitrogens is 2. The Morgan fingerprint density at radius 1 is 1.22 bits per heavy atom. The van der Waals surface area contributed by atoms with Gasteiger partial charge in [-0.1, -0.05) is 0 Å². The molecule has 0 spiro atoms. The number of thiophene rings is 1. The van der Waals surface area contributed by atoms with Crippen LogP contribution in [0.15, 0.2) is 17.8 Å². The van der Waals surface area contributed by atoms with Crippen LogP contribution in [0.4, 0.5) is 5.82 Å². The minimum absolute atomic E-state index is 0. The highest BCUT2D eigenvalue weighted by Crippen LogP contribution is 2.28. The molecular weight excluding hydrogens is 357 g/mol. The highest BCUT2D eigenvalue weighted by atomic mass is 35.5. The van der Waals surface area contributed by atoms with Crippen LogP contribution in [0, 0.1) is 0 Å². The summed E-state index contributed by atoms with van der Waals surface area (Å²) in [6.45, 7) is 3.71. The first-order valence-electron chi connectivity index (χ1n) is 7.20. The molecular formula is C14H21Cl2N5OS. The Bertz CT molecular complexity index is 630. The van der Waals surface area contributed by atoms with Crippen molar-refractivity contribution in [1.29, 1.82) is 0 Å². The van der Waals surface area contributed by atoms with Gasteiger partial charge in [-0.15, -0.1) is 36.2 Å². The van der Waals surface area contributed by atoms with Gasteiger partial charge in [0.1, 0.15) is 12.1 Å². The van der Waals surface area contributed by atoms with Crippen molar-refractivity contribution in [2.75, 3.05) is 37.6 Å². The lowest BCUT2D eigenvalue weighted by Crippen LogP contribution is -2.49. The molecule has 9 heteroatoms. The number of carbonyl (C=O) groups is 1. The van der Waals surface area contributed by atoms with Gasteiger partial charge in [-0.05, 0) is 24.4 Å². The van der Waals surface area contributed by atoms with E-state index in [1.165, 1.54) is 0 Å². The third-order valence-electron chi connectivity index (χ3n) is 3.75. The topological polar surface area (TPSA) is 75.4 Å².